The zero-order chi connectivity index (χ0) is 34.7. The number of alkyl halides is 3. The first-order valence-corrected chi connectivity index (χ1v) is 15.8. The van der Waals surface area contributed by atoms with Gasteiger partial charge >= 0.3 is 17.8 Å². The van der Waals surface area contributed by atoms with E-state index in [0.29, 0.717) is 64.5 Å². The Bertz CT molecular complexity index is 1740. The van der Waals surface area contributed by atoms with Crippen LogP contribution in [0.4, 0.5) is 18.9 Å². The zero-order valence-corrected chi connectivity index (χ0v) is 27.3. The van der Waals surface area contributed by atoms with Crippen molar-refractivity contribution in [2.45, 2.75) is 50.2 Å². The van der Waals surface area contributed by atoms with Gasteiger partial charge in [0.05, 0.1) is 36.3 Å². The van der Waals surface area contributed by atoms with Crippen molar-refractivity contribution in [2.24, 2.45) is 26.9 Å². The number of carbonyl (C=O) groups is 1. The minimum atomic E-state index is -5.08. The largest absolute Gasteiger partial charge is 0.493 e. The molecule has 0 fully saturated rings. The third-order valence-electron chi connectivity index (χ3n) is 6.61. The molecule has 2 aromatic carbocycles. The second kappa shape index (κ2) is 16.9. The fourth-order valence-corrected chi connectivity index (χ4v) is 5.10. The minimum Gasteiger partial charge on any atom is -0.493 e. The average molecular weight is 685 g/mol. The fraction of sp³-hybridized carbons (Fsp3) is 0.433. The number of hydrogen-bond donors (Lipinski definition) is 3. The predicted molar refractivity (Wildman–Crippen MR) is 170 cm³/mol. The molecule has 0 aliphatic rings. The lowest BCUT2D eigenvalue weighted by Crippen LogP contribution is -2.21. The molecule has 1 unspecified atom stereocenters. The first kappa shape index (κ1) is 37.0. The molecule has 47 heavy (non-hydrogen) atoms. The molecule has 0 spiro atoms. The number of aromatic nitrogens is 4. The quantitative estimate of drug-likeness (QED) is 0.148. The van der Waals surface area contributed by atoms with E-state index in [1.807, 2.05) is 20.0 Å². The van der Waals surface area contributed by atoms with E-state index < -0.39 is 23.1 Å². The summed E-state index contributed by atoms with van der Waals surface area (Å²) in [6.45, 7) is 3.86. The molecule has 0 saturated carbocycles. The summed E-state index contributed by atoms with van der Waals surface area (Å²) in [5.41, 5.74) is 7.18. The number of unbranched alkanes of at least 4 members (excludes halogenated alkanes) is 3. The van der Waals surface area contributed by atoms with Gasteiger partial charge in [-0.05, 0) is 31.9 Å². The van der Waals surface area contributed by atoms with Gasteiger partial charge in [0.1, 0.15) is 17.2 Å². The summed E-state index contributed by atoms with van der Waals surface area (Å²) in [5.74, 6) is -0.635. The Kier molecular flexibility index (Phi) is 13.3. The molecular formula is C30H39F3N6O7S. The van der Waals surface area contributed by atoms with Gasteiger partial charge in [-0.3, -0.25) is 13.9 Å². The van der Waals surface area contributed by atoms with Gasteiger partial charge in [-0.2, -0.15) is 13.2 Å². The first-order valence-electron chi connectivity index (χ1n) is 14.7. The third kappa shape index (κ3) is 10.5. The summed E-state index contributed by atoms with van der Waals surface area (Å²) >= 11 is 0. The highest BCUT2D eigenvalue weighted by Gasteiger charge is 2.38. The standard InChI is InChI=1S/C28H38N6O5S.C2HF3O2/c1-5-11-37-20-13-21(38-12-9-7-6-8-10-29)15-22(14-20)39-26-17-25-24(33(3)28(35)34(25)4)16-23(26)31-40(36)27-18-32(2)19-30-27;3-2(4,5)1(6)7/h13-19,31H,5-12,29H2,1-4H3;(H,6,7). The molecule has 2 aromatic heterocycles. The Hall–Kier alpha value is -4.51. The first-order chi connectivity index (χ1) is 22.2. The minimum absolute atomic E-state index is 0.180. The van der Waals surface area contributed by atoms with Crippen LogP contribution in [-0.4, -0.2) is 59.9 Å². The van der Waals surface area contributed by atoms with Crippen molar-refractivity contribution >= 4 is 33.7 Å². The number of rotatable bonds is 15. The number of aryl methyl sites for hydroxylation is 3. The van der Waals surface area contributed by atoms with Gasteiger partial charge in [0, 0.05) is 51.6 Å². The molecule has 0 radical (unpaired) electrons. The monoisotopic (exact) mass is 684 g/mol. The molecule has 13 nitrogen and oxygen atoms in total. The SMILES string of the molecule is CCCOc1cc(OCCCCCCN)cc(Oc2cc3c(cc2NS(=O)c2cn(C)cn2)n(C)c(=O)n3C)c1.O=C(O)C(F)(F)F. The maximum Gasteiger partial charge on any atom is 0.490 e. The van der Waals surface area contributed by atoms with Crippen LogP contribution in [0.15, 0.2) is 52.7 Å². The van der Waals surface area contributed by atoms with E-state index in [-0.39, 0.29) is 5.69 Å². The summed E-state index contributed by atoms with van der Waals surface area (Å²) in [4.78, 5) is 25.7. The number of imidazole rings is 2. The van der Waals surface area contributed by atoms with Crippen LogP contribution in [0, 0.1) is 0 Å². The molecular weight excluding hydrogens is 645 g/mol. The van der Waals surface area contributed by atoms with Crippen molar-refractivity contribution in [3.63, 3.8) is 0 Å². The van der Waals surface area contributed by atoms with E-state index in [4.69, 9.17) is 29.8 Å². The smallest absolute Gasteiger partial charge is 0.490 e. The van der Waals surface area contributed by atoms with Crippen molar-refractivity contribution in [1.82, 2.24) is 18.7 Å². The molecule has 258 valence electrons. The van der Waals surface area contributed by atoms with Crippen LogP contribution in [0.3, 0.4) is 0 Å². The zero-order valence-electron chi connectivity index (χ0n) is 26.5. The average Bonchev–Trinajstić information content (AvgIpc) is 3.54. The van der Waals surface area contributed by atoms with Gasteiger partial charge in [-0.1, -0.05) is 19.8 Å². The Morgan fingerprint density at radius 1 is 0.957 bits per heavy atom. The van der Waals surface area contributed by atoms with Crippen molar-refractivity contribution in [3.05, 3.63) is 53.3 Å². The number of benzene rings is 2. The van der Waals surface area contributed by atoms with Gasteiger partial charge in [0.25, 0.3) is 0 Å². The third-order valence-corrected chi connectivity index (χ3v) is 7.61. The molecule has 0 bridgehead atoms. The van der Waals surface area contributed by atoms with Gasteiger partial charge < -0.3 is 29.6 Å². The van der Waals surface area contributed by atoms with E-state index in [2.05, 4.69) is 9.71 Å². The van der Waals surface area contributed by atoms with Crippen molar-refractivity contribution in [3.8, 4) is 23.0 Å². The number of nitrogens with zero attached hydrogens (tertiary/aromatic N) is 4. The molecule has 1 atom stereocenters. The highest BCUT2D eigenvalue weighted by molar-refractivity contribution is 7.86. The van der Waals surface area contributed by atoms with Gasteiger partial charge in [0.15, 0.2) is 21.8 Å². The summed E-state index contributed by atoms with van der Waals surface area (Å²) in [5, 5.41) is 7.49. The van der Waals surface area contributed by atoms with Crippen LogP contribution in [0.2, 0.25) is 0 Å². The summed E-state index contributed by atoms with van der Waals surface area (Å²) in [7, 11) is 3.54. The highest BCUT2D eigenvalue weighted by atomic mass is 32.2. The second-order valence-corrected chi connectivity index (χ2v) is 11.6. The molecule has 0 saturated heterocycles. The topological polar surface area (TPSA) is 165 Å². The molecule has 4 aromatic rings. The Labute approximate surface area is 271 Å². The predicted octanol–water partition coefficient (Wildman–Crippen LogP) is 4.86. The lowest BCUT2D eigenvalue weighted by molar-refractivity contribution is -0.192. The molecule has 17 heteroatoms. The lowest BCUT2D eigenvalue weighted by atomic mass is 10.2. The summed E-state index contributed by atoms with van der Waals surface area (Å²) in [6.07, 6.45) is 3.08. The van der Waals surface area contributed by atoms with Gasteiger partial charge in [-0.25, -0.2) is 18.8 Å². The number of anilines is 1. The van der Waals surface area contributed by atoms with Crippen LogP contribution in [-0.2, 0) is 36.9 Å². The number of nitrogens with two attached hydrogens (primary N) is 1. The number of ether oxygens (including phenoxy) is 3. The molecule has 4 rings (SSSR count). The number of hydrogen-bond acceptors (Lipinski definition) is 8. The van der Waals surface area contributed by atoms with Crippen LogP contribution < -0.4 is 30.4 Å². The normalized spacial score (nSPS) is 11.9. The lowest BCUT2D eigenvalue weighted by Gasteiger charge is -2.16. The van der Waals surface area contributed by atoms with Crippen molar-refractivity contribution in [1.29, 1.82) is 0 Å². The van der Waals surface area contributed by atoms with Crippen molar-refractivity contribution in [2.75, 3.05) is 24.5 Å². The van der Waals surface area contributed by atoms with E-state index in [1.165, 1.54) is 4.57 Å². The van der Waals surface area contributed by atoms with E-state index in [0.717, 1.165) is 32.1 Å². The maximum absolute atomic E-state index is 13.1. The highest BCUT2D eigenvalue weighted by Crippen LogP contribution is 2.37. The van der Waals surface area contributed by atoms with Crippen LogP contribution >= 0.6 is 0 Å². The number of nitrogens with one attached hydrogen (secondary N) is 1. The maximum atomic E-state index is 13.1. The molecule has 2 heterocycles. The second-order valence-electron chi connectivity index (χ2n) is 10.4. The number of carboxylic acid groups (broad SMARTS) is 1. The summed E-state index contributed by atoms with van der Waals surface area (Å²) < 4.78 is 70.9. The molecule has 0 aliphatic heterocycles. The van der Waals surface area contributed by atoms with Crippen molar-refractivity contribution < 1.29 is 41.5 Å². The number of fused-ring (bicyclic) bond motifs is 1. The van der Waals surface area contributed by atoms with E-state index >= 15 is 0 Å². The van der Waals surface area contributed by atoms with E-state index in [1.54, 1.807) is 60.0 Å². The van der Waals surface area contributed by atoms with Crippen LogP contribution in [0.1, 0.15) is 39.0 Å². The molecule has 0 amide bonds. The van der Waals surface area contributed by atoms with Crippen LogP contribution in [0.25, 0.3) is 11.0 Å². The van der Waals surface area contributed by atoms with Gasteiger partial charge in [0.2, 0.25) is 0 Å². The van der Waals surface area contributed by atoms with Crippen LogP contribution in [0.5, 0.6) is 23.0 Å². The van der Waals surface area contributed by atoms with Gasteiger partial charge in [-0.15, -0.1) is 0 Å². The number of aliphatic carboxylic acids is 1. The van der Waals surface area contributed by atoms with E-state index in [9.17, 15) is 22.2 Å². The number of halogens is 3. The summed E-state index contributed by atoms with van der Waals surface area (Å²) in [6, 6.07) is 8.95. The number of carboxylic acids is 1. The molecule has 4 N–H and O–H groups in total. The Morgan fingerprint density at radius 2 is 1.53 bits per heavy atom. The molecule has 0 aliphatic carbocycles. The Balaban J connectivity index is 0.000000771. The fourth-order valence-electron chi connectivity index (χ4n) is 4.24. The Morgan fingerprint density at radius 3 is 2.09 bits per heavy atom.